The highest BCUT2D eigenvalue weighted by atomic mass is 16.3. The van der Waals surface area contributed by atoms with Gasteiger partial charge >= 0.3 is 0 Å². The number of nitrogens with one attached hydrogen (secondary N) is 1. The topological polar surface area (TPSA) is 49.3 Å². The SMILES string of the molecule is CCCCCCCCCCCCCCCCCCc1ccc(NC(=O)/C=C/c2ccc(O)cc2)cc1. The third-order valence-electron chi connectivity index (χ3n) is 6.86. The first-order valence-corrected chi connectivity index (χ1v) is 14.5. The van der Waals surface area contributed by atoms with Crippen LogP contribution in [-0.2, 0) is 11.2 Å². The van der Waals surface area contributed by atoms with E-state index in [1.54, 1.807) is 30.3 Å². The monoisotopic (exact) mass is 491 g/mol. The lowest BCUT2D eigenvalue weighted by atomic mass is 10.0. The molecule has 1 amide bonds. The van der Waals surface area contributed by atoms with Gasteiger partial charge in [-0.15, -0.1) is 0 Å². The van der Waals surface area contributed by atoms with E-state index in [0.717, 1.165) is 17.7 Å². The molecule has 2 aromatic carbocycles. The van der Waals surface area contributed by atoms with E-state index in [1.165, 1.54) is 114 Å². The van der Waals surface area contributed by atoms with Crippen LogP contribution >= 0.6 is 0 Å². The maximum Gasteiger partial charge on any atom is 0.248 e. The third kappa shape index (κ3) is 14.8. The van der Waals surface area contributed by atoms with Gasteiger partial charge in [0.15, 0.2) is 0 Å². The van der Waals surface area contributed by atoms with Crippen LogP contribution in [0.2, 0.25) is 0 Å². The van der Waals surface area contributed by atoms with Crippen molar-refractivity contribution in [1.29, 1.82) is 0 Å². The van der Waals surface area contributed by atoms with Crippen molar-refractivity contribution in [2.75, 3.05) is 5.32 Å². The number of hydrogen-bond acceptors (Lipinski definition) is 2. The lowest BCUT2D eigenvalue weighted by Gasteiger charge is -2.06. The fourth-order valence-electron chi connectivity index (χ4n) is 4.57. The van der Waals surface area contributed by atoms with Crippen LogP contribution in [0.3, 0.4) is 0 Å². The predicted octanol–water partition coefficient (Wildman–Crippen LogP) is 9.85. The highest BCUT2D eigenvalue weighted by Crippen LogP contribution is 2.16. The van der Waals surface area contributed by atoms with Crippen LogP contribution in [0.15, 0.2) is 54.6 Å². The number of amides is 1. The van der Waals surface area contributed by atoms with Gasteiger partial charge in [-0.05, 0) is 54.3 Å². The largest absolute Gasteiger partial charge is 0.508 e. The average molecular weight is 492 g/mol. The van der Waals surface area contributed by atoms with Gasteiger partial charge in [-0.25, -0.2) is 0 Å². The Morgan fingerprint density at radius 3 is 1.64 bits per heavy atom. The van der Waals surface area contributed by atoms with Gasteiger partial charge in [-0.3, -0.25) is 4.79 Å². The Bertz CT molecular complexity index is 839. The Morgan fingerprint density at radius 1 is 0.667 bits per heavy atom. The highest BCUT2D eigenvalue weighted by Gasteiger charge is 2.00. The number of rotatable bonds is 20. The molecule has 0 heterocycles. The van der Waals surface area contributed by atoms with Gasteiger partial charge in [-0.2, -0.15) is 0 Å². The van der Waals surface area contributed by atoms with E-state index in [9.17, 15) is 9.90 Å². The van der Waals surface area contributed by atoms with E-state index >= 15 is 0 Å². The van der Waals surface area contributed by atoms with E-state index in [-0.39, 0.29) is 11.7 Å². The molecule has 3 nitrogen and oxygen atoms in total. The van der Waals surface area contributed by atoms with Crippen molar-refractivity contribution in [3.8, 4) is 5.75 Å². The molecule has 198 valence electrons. The van der Waals surface area contributed by atoms with E-state index in [1.807, 2.05) is 12.1 Å². The van der Waals surface area contributed by atoms with Gasteiger partial charge in [0.1, 0.15) is 5.75 Å². The lowest BCUT2D eigenvalue weighted by Crippen LogP contribution is -2.07. The Kier molecular flexibility index (Phi) is 16.2. The Labute approximate surface area is 220 Å². The minimum atomic E-state index is -0.159. The standard InChI is InChI=1S/C33H49NO2/c1-2-3-4-5-6-7-8-9-10-11-12-13-14-15-16-17-18-29-19-24-31(25-20-29)34-33(36)28-23-30-21-26-32(35)27-22-30/h19-28,35H,2-18H2,1H3,(H,34,36)/b28-23+. The third-order valence-corrected chi connectivity index (χ3v) is 6.86. The van der Waals surface area contributed by atoms with Crippen molar-refractivity contribution in [3.63, 3.8) is 0 Å². The molecule has 0 aliphatic carbocycles. The molecule has 0 spiro atoms. The Balaban J connectivity index is 1.43. The molecule has 0 bridgehead atoms. The van der Waals surface area contributed by atoms with Crippen LogP contribution in [0.25, 0.3) is 6.08 Å². The summed E-state index contributed by atoms with van der Waals surface area (Å²) in [5.74, 6) is 0.0601. The van der Waals surface area contributed by atoms with Gasteiger partial charge in [0.2, 0.25) is 5.91 Å². The van der Waals surface area contributed by atoms with Crippen LogP contribution in [0.5, 0.6) is 5.75 Å². The number of carbonyl (C=O) groups is 1. The van der Waals surface area contributed by atoms with E-state index < -0.39 is 0 Å². The van der Waals surface area contributed by atoms with Crippen LogP contribution in [0.4, 0.5) is 5.69 Å². The summed E-state index contributed by atoms with van der Waals surface area (Å²) in [4.78, 5) is 12.1. The summed E-state index contributed by atoms with van der Waals surface area (Å²) in [6, 6.07) is 14.9. The van der Waals surface area contributed by atoms with Crippen molar-refractivity contribution in [2.45, 2.75) is 116 Å². The van der Waals surface area contributed by atoms with E-state index in [4.69, 9.17) is 0 Å². The molecule has 2 N–H and O–H groups in total. The Morgan fingerprint density at radius 2 is 1.14 bits per heavy atom. The number of carbonyl (C=O) groups excluding carboxylic acids is 1. The van der Waals surface area contributed by atoms with Crippen molar-refractivity contribution in [2.24, 2.45) is 0 Å². The number of anilines is 1. The van der Waals surface area contributed by atoms with Crippen LogP contribution in [0, 0.1) is 0 Å². The molecule has 0 atom stereocenters. The molecule has 0 unspecified atom stereocenters. The average Bonchev–Trinajstić information content (AvgIpc) is 2.89. The summed E-state index contributed by atoms with van der Waals surface area (Å²) < 4.78 is 0. The second-order valence-electron chi connectivity index (χ2n) is 10.2. The summed E-state index contributed by atoms with van der Waals surface area (Å²) in [5.41, 5.74) is 3.01. The zero-order valence-corrected chi connectivity index (χ0v) is 22.6. The fraction of sp³-hybridized carbons (Fsp3) is 0.545. The normalized spacial score (nSPS) is 11.2. The molecule has 0 radical (unpaired) electrons. The number of phenolic OH excluding ortho intramolecular Hbond substituents is 1. The molecule has 36 heavy (non-hydrogen) atoms. The van der Waals surface area contributed by atoms with Crippen LogP contribution in [-0.4, -0.2) is 11.0 Å². The molecule has 0 saturated carbocycles. The zero-order chi connectivity index (χ0) is 25.7. The van der Waals surface area contributed by atoms with Gasteiger partial charge in [-0.1, -0.05) is 128 Å². The second-order valence-corrected chi connectivity index (χ2v) is 10.2. The lowest BCUT2D eigenvalue weighted by molar-refractivity contribution is -0.111. The molecular formula is C33H49NO2. The van der Waals surface area contributed by atoms with E-state index in [0.29, 0.717) is 0 Å². The smallest absolute Gasteiger partial charge is 0.248 e. The molecule has 2 rings (SSSR count). The van der Waals surface area contributed by atoms with Crippen LogP contribution < -0.4 is 5.32 Å². The maximum absolute atomic E-state index is 12.1. The summed E-state index contributed by atoms with van der Waals surface area (Å²) in [7, 11) is 0. The molecule has 0 aliphatic rings. The molecular weight excluding hydrogens is 442 g/mol. The number of aromatic hydroxyl groups is 1. The van der Waals surface area contributed by atoms with Crippen molar-refractivity contribution >= 4 is 17.7 Å². The van der Waals surface area contributed by atoms with Gasteiger partial charge in [0, 0.05) is 11.8 Å². The summed E-state index contributed by atoms with van der Waals surface area (Å²) in [5, 5.41) is 12.2. The number of benzene rings is 2. The number of aryl methyl sites for hydroxylation is 1. The quantitative estimate of drug-likeness (QED) is 0.143. The first kappa shape index (κ1) is 29.7. The molecule has 2 aromatic rings. The van der Waals surface area contributed by atoms with Gasteiger partial charge in [0.25, 0.3) is 0 Å². The molecule has 3 heteroatoms. The first-order valence-electron chi connectivity index (χ1n) is 14.5. The fourth-order valence-corrected chi connectivity index (χ4v) is 4.57. The number of hydrogen-bond donors (Lipinski definition) is 2. The van der Waals surface area contributed by atoms with Crippen molar-refractivity contribution in [3.05, 3.63) is 65.7 Å². The summed E-state index contributed by atoms with van der Waals surface area (Å²) in [6.07, 6.45) is 26.7. The van der Waals surface area contributed by atoms with Crippen molar-refractivity contribution < 1.29 is 9.90 Å². The number of phenols is 1. The highest BCUT2D eigenvalue weighted by molar-refractivity contribution is 6.01. The van der Waals surface area contributed by atoms with Gasteiger partial charge in [0.05, 0.1) is 0 Å². The van der Waals surface area contributed by atoms with Crippen LogP contribution in [0.1, 0.15) is 121 Å². The summed E-state index contributed by atoms with van der Waals surface area (Å²) in [6.45, 7) is 2.29. The molecule has 0 saturated heterocycles. The molecule has 0 aromatic heterocycles. The van der Waals surface area contributed by atoms with Crippen molar-refractivity contribution in [1.82, 2.24) is 0 Å². The number of unbranched alkanes of at least 4 members (excludes halogenated alkanes) is 15. The van der Waals surface area contributed by atoms with Gasteiger partial charge < -0.3 is 10.4 Å². The zero-order valence-electron chi connectivity index (χ0n) is 22.6. The minimum Gasteiger partial charge on any atom is -0.508 e. The summed E-state index contributed by atoms with van der Waals surface area (Å²) >= 11 is 0. The first-order chi connectivity index (χ1) is 17.7. The molecule has 0 fully saturated rings. The minimum absolute atomic E-state index is 0.159. The predicted molar refractivity (Wildman–Crippen MR) is 155 cm³/mol. The second kappa shape index (κ2) is 19.6. The van der Waals surface area contributed by atoms with E-state index in [2.05, 4.69) is 24.4 Å². The maximum atomic E-state index is 12.1. The molecule has 0 aliphatic heterocycles. The Hall–Kier alpha value is -2.55.